The van der Waals surface area contributed by atoms with Gasteiger partial charge in [-0.1, -0.05) is 51.9 Å². The highest BCUT2D eigenvalue weighted by molar-refractivity contribution is 4.98. The zero-order valence-corrected chi connectivity index (χ0v) is 18.4. The Hall–Kier alpha value is -0.240. The van der Waals surface area contributed by atoms with E-state index in [0.717, 1.165) is 6.42 Å². The van der Waals surface area contributed by atoms with Crippen molar-refractivity contribution < 1.29 is 28.4 Å². The van der Waals surface area contributed by atoms with Crippen molar-refractivity contribution in [3.8, 4) is 0 Å². The van der Waals surface area contributed by atoms with E-state index in [1.54, 1.807) is 0 Å². The molecule has 164 valence electrons. The Kier molecular flexibility index (Phi) is 7.79. The van der Waals surface area contributed by atoms with Crippen LogP contribution in [0.1, 0.15) is 86.0 Å². The highest BCUT2D eigenvalue weighted by atomic mass is 16.8. The van der Waals surface area contributed by atoms with E-state index in [1.165, 1.54) is 44.9 Å². The maximum Gasteiger partial charge on any atom is 0.190 e. The summed E-state index contributed by atoms with van der Waals surface area (Å²) < 4.78 is 36.2. The van der Waals surface area contributed by atoms with Gasteiger partial charge in [0.05, 0.1) is 6.61 Å². The van der Waals surface area contributed by atoms with Gasteiger partial charge in [0, 0.05) is 6.61 Å². The molecule has 6 heteroatoms. The molecule has 0 aromatic heterocycles. The van der Waals surface area contributed by atoms with Gasteiger partial charge in [0.15, 0.2) is 17.9 Å². The molecule has 3 aliphatic heterocycles. The molecule has 3 fully saturated rings. The summed E-state index contributed by atoms with van der Waals surface area (Å²) in [6.07, 6.45) is 9.03. The largest absolute Gasteiger partial charge is 0.372 e. The van der Waals surface area contributed by atoms with Crippen molar-refractivity contribution in [2.45, 2.75) is 128 Å². The van der Waals surface area contributed by atoms with Gasteiger partial charge in [-0.15, -0.1) is 0 Å². The van der Waals surface area contributed by atoms with Gasteiger partial charge < -0.3 is 28.4 Å². The van der Waals surface area contributed by atoms with Crippen LogP contribution < -0.4 is 0 Å². The zero-order chi connectivity index (χ0) is 20.2. The number of ether oxygens (including phenoxy) is 6. The number of unbranched alkanes of at least 4 members (excludes halogenated alkanes) is 7. The predicted octanol–water partition coefficient (Wildman–Crippen LogP) is 4.54. The zero-order valence-electron chi connectivity index (χ0n) is 18.4. The lowest BCUT2D eigenvalue weighted by atomic mass is 10.1. The number of rotatable bonds is 11. The van der Waals surface area contributed by atoms with Crippen LogP contribution in [-0.2, 0) is 28.4 Å². The molecule has 0 saturated carbocycles. The lowest BCUT2D eigenvalue weighted by molar-refractivity contribution is -0.236. The van der Waals surface area contributed by atoms with Crippen molar-refractivity contribution >= 4 is 0 Å². The maximum atomic E-state index is 6.28. The first-order valence-electron chi connectivity index (χ1n) is 11.3. The molecule has 5 atom stereocenters. The highest BCUT2D eigenvalue weighted by Crippen LogP contribution is 2.41. The second-order valence-corrected chi connectivity index (χ2v) is 9.25. The average molecular weight is 401 g/mol. The minimum Gasteiger partial charge on any atom is -0.372 e. The first-order valence-corrected chi connectivity index (χ1v) is 11.3. The van der Waals surface area contributed by atoms with Crippen molar-refractivity contribution in [2.75, 3.05) is 13.2 Å². The molecule has 0 N–H and O–H groups in total. The molecule has 0 bridgehead atoms. The average Bonchev–Trinajstić information content (AvgIpc) is 3.23. The first-order chi connectivity index (χ1) is 13.3. The molecule has 0 unspecified atom stereocenters. The van der Waals surface area contributed by atoms with E-state index < -0.39 is 17.9 Å². The number of hydrogen-bond acceptors (Lipinski definition) is 6. The molecule has 3 rings (SSSR count). The van der Waals surface area contributed by atoms with Crippen LogP contribution in [0, 0.1) is 0 Å². The molecule has 28 heavy (non-hydrogen) atoms. The molecule has 6 nitrogen and oxygen atoms in total. The summed E-state index contributed by atoms with van der Waals surface area (Å²) in [4.78, 5) is 0. The van der Waals surface area contributed by atoms with Crippen molar-refractivity contribution in [2.24, 2.45) is 0 Å². The van der Waals surface area contributed by atoms with Gasteiger partial charge in [-0.25, -0.2) is 0 Å². The van der Waals surface area contributed by atoms with Crippen LogP contribution in [0.3, 0.4) is 0 Å². The third kappa shape index (κ3) is 5.89. The molecule has 0 aromatic rings. The van der Waals surface area contributed by atoms with E-state index in [2.05, 4.69) is 6.92 Å². The standard InChI is InChI=1S/C22H40O6/c1-6-7-8-9-10-11-12-13-14-23-18-17(16-15-24-21(2,3)26-16)25-20-19(18)27-22(4,5)28-20/h16-20H,6-15H2,1-5H3/t16-,17-,18+,19-,20-/m1/s1. The summed E-state index contributed by atoms with van der Waals surface area (Å²) in [7, 11) is 0. The van der Waals surface area contributed by atoms with E-state index in [0.29, 0.717) is 13.2 Å². The van der Waals surface area contributed by atoms with Crippen LogP contribution in [-0.4, -0.2) is 55.5 Å². The molecule has 3 saturated heterocycles. The van der Waals surface area contributed by atoms with Crippen molar-refractivity contribution in [1.82, 2.24) is 0 Å². The van der Waals surface area contributed by atoms with Gasteiger partial charge in [-0.05, 0) is 34.1 Å². The predicted molar refractivity (Wildman–Crippen MR) is 106 cm³/mol. The molecule has 0 aliphatic carbocycles. The second kappa shape index (κ2) is 9.71. The van der Waals surface area contributed by atoms with Crippen LogP contribution in [0.15, 0.2) is 0 Å². The Labute approximate surface area is 170 Å². The summed E-state index contributed by atoms with van der Waals surface area (Å²) in [6.45, 7) is 11.1. The van der Waals surface area contributed by atoms with Crippen molar-refractivity contribution in [3.05, 3.63) is 0 Å². The summed E-state index contributed by atoms with van der Waals surface area (Å²) in [5.41, 5.74) is 0. The molecular weight excluding hydrogens is 360 g/mol. The Morgan fingerprint density at radius 2 is 1.46 bits per heavy atom. The Morgan fingerprint density at radius 3 is 2.11 bits per heavy atom. The van der Waals surface area contributed by atoms with Gasteiger partial charge >= 0.3 is 0 Å². The van der Waals surface area contributed by atoms with E-state index >= 15 is 0 Å². The minimum absolute atomic E-state index is 0.167. The molecule has 0 aromatic carbocycles. The lowest BCUT2D eigenvalue weighted by Gasteiger charge is -2.29. The third-order valence-electron chi connectivity index (χ3n) is 5.73. The monoisotopic (exact) mass is 400 g/mol. The minimum atomic E-state index is -0.646. The quantitative estimate of drug-likeness (QED) is 0.475. The fraction of sp³-hybridized carbons (Fsp3) is 1.00. The van der Waals surface area contributed by atoms with E-state index in [-0.39, 0.29) is 24.4 Å². The van der Waals surface area contributed by atoms with Crippen LogP contribution >= 0.6 is 0 Å². The van der Waals surface area contributed by atoms with Gasteiger partial charge in [0.25, 0.3) is 0 Å². The SMILES string of the molecule is CCCCCCCCCCO[C@@H]1[C@H]2OC(C)(C)O[C@H]2O[C@@H]1[C@H]1COC(C)(C)O1. The van der Waals surface area contributed by atoms with Gasteiger partial charge in [-0.3, -0.25) is 0 Å². The smallest absolute Gasteiger partial charge is 0.190 e. The normalized spacial score (nSPS) is 36.1. The Balaban J connectivity index is 1.45. The molecule has 0 amide bonds. The Bertz CT molecular complexity index is 480. The van der Waals surface area contributed by atoms with Crippen LogP contribution in [0.25, 0.3) is 0 Å². The van der Waals surface area contributed by atoms with E-state index in [4.69, 9.17) is 28.4 Å². The second-order valence-electron chi connectivity index (χ2n) is 9.25. The third-order valence-corrected chi connectivity index (χ3v) is 5.73. The van der Waals surface area contributed by atoms with Gasteiger partial charge in [-0.2, -0.15) is 0 Å². The fourth-order valence-electron chi connectivity index (χ4n) is 4.33. The summed E-state index contributed by atoms with van der Waals surface area (Å²) in [5, 5.41) is 0. The van der Waals surface area contributed by atoms with Crippen LogP contribution in [0.5, 0.6) is 0 Å². The lowest BCUT2D eigenvalue weighted by Crippen LogP contribution is -2.44. The topological polar surface area (TPSA) is 55.4 Å². The van der Waals surface area contributed by atoms with Crippen molar-refractivity contribution in [3.63, 3.8) is 0 Å². The number of hydrogen-bond donors (Lipinski definition) is 0. The molecule has 0 spiro atoms. The Morgan fingerprint density at radius 1 is 0.786 bits per heavy atom. The van der Waals surface area contributed by atoms with Crippen LogP contribution in [0.2, 0.25) is 0 Å². The van der Waals surface area contributed by atoms with E-state index in [9.17, 15) is 0 Å². The maximum absolute atomic E-state index is 6.28. The first kappa shape index (κ1) is 22.4. The molecular formula is C22H40O6. The van der Waals surface area contributed by atoms with Gasteiger partial charge in [0.1, 0.15) is 24.4 Å². The summed E-state index contributed by atoms with van der Waals surface area (Å²) in [6, 6.07) is 0. The van der Waals surface area contributed by atoms with Crippen molar-refractivity contribution in [1.29, 1.82) is 0 Å². The molecule has 0 radical (unpaired) electrons. The van der Waals surface area contributed by atoms with E-state index in [1.807, 2.05) is 27.7 Å². The van der Waals surface area contributed by atoms with Gasteiger partial charge in [0.2, 0.25) is 0 Å². The van der Waals surface area contributed by atoms with Crippen LogP contribution in [0.4, 0.5) is 0 Å². The molecule has 3 aliphatic rings. The summed E-state index contributed by atoms with van der Waals surface area (Å²) >= 11 is 0. The number of fused-ring (bicyclic) bond motifs is 1. The fourth-order valence-corrected chi connectivity index (χ4v) is 4.33. The highest BCUT2D eigenvalue weighted by Gasteiger charge is 2.58. The molecule has 3 heterocycles. The summed E-state index contributed by atoms with van der Waals surface area (Å²) in [5.74, 6) is -1.23.